The largest absolute Gasteiger partial charge is 0.377 e. The average Bonchev–Trinajstić information content (AvgIpc) is 2.37. The summed E-state index contributed by atoms with van der Waals surface area (Å²) in [7, 11) is 3.99. The van der Waals surface area contributed by atoms with Crippen LogP contribution >= 0.6 is 0 Å². The van der Waals surface area contributed by atoms with E-state index in [4.69, 9.17) is 5.73 Å². The van der Waals surface area contributed by atoms with Crippen LogP contribution in [0.2, 0.25) is 0 Å². The molecule has 0 aromatic heterocycles. The third-order valence-corrected chi connectivity index (χ3v) is 3.24. The fourth-order valence-corrected chi connectivity index (χ4v) is 1.89. The predicted molar refractivity (Wildman–Crippen MR) is 81.6 cm³/mol. The lowest BCUT2D eigenvalue weighted by Gasteiger charge is -2.17. The number of carbonyl (C=O) groups is 1. The molecule has 0 aliphatic heterocycles. The number of aryl methyl sites for hydroxylation is 1. The van der Waals surface area contributed by atoms with E-state index in [1.807, 2.05) is 37.2 Å². The van der Waals surface area contributed by atoms with Gasteiger partial charge in [-0.3, -0.25) is 4.79 Å². The number of carbonyl (C=O) groups excluding carboxylic acids is 1. The van der Waals surface area contributed by atoms with Crippen LogP contribution in [0, 0.1) is 12.8 Å². The van der Waals surface area contributed by atoms with Gasteiger partial charge in [-0.2, -0.15) is 0 Å². The molecule has 0 saturated carbocycles. The molecule has 1 aromatic carbocycles. The maximum absolute atomic E-state index is 11.8. The lowest BCUT2D eigenvalue weighted by Crippen LogP contribution is -2.17. The van der Waals surface area contributed by atoms with Gasteiger partial charge in [-0.25, -0.2) is 0 Å². The highest BCUT2D eigenvalue weighted by Crippen LogP contribution is 2.22. The molecule has 1 aromatic rings. The highest BCUT2D eigenvalue weighted by atomic mass is 16.1. The molecule has 0 saturated heterocycles. The number of nitrogens with zero attached hydrogens (tertiary/aromatic N) is 1. The second kappa shape index (κ2) is 7.14. The van der Waals surface area contributed by atoms with Gasteiger partial charge in [0, 0.05) is 31.9 Å². The molecule has 0 fully saturated rings. The van der Waals surface area contributed by atoms with Gasteiger partial charge in [0.1, 0.15) is 0 Å². The first-order valence-corrected chi connectivity index (χ1v) is 6.72. The fraction of sp³-hybridized carbons (Fsp3) is 0.533. The molecule has 4 nitrogen and oxygen atoms in total. The van der Waals surface area contributed by atoms with E-state index in [9.17, 15) is 4.79 Å². The van der Waals surface area contributed by atoms with E-state index in [0.717, 1.165) is 17.8 Å². The van der Waals surface area contributed by atoms with Crippen molar-refractivity contribution in [2.45, 2.75) is 26.7 Å². The molecule has 0 heterocycles. The summed E-state index contributed by atoms with van der Waals surface area (Å²) in [5.41, 5.74) is 8.70. The van der Waals surface area contributed by atoms with Crippen molar-refractivity contribution < 1.29 is 4.79 Å². The first kappa shape index (κ1) is 15.5. The zero-order valence-electron chi connectivity index (χ0n) is 12.4. The molecule has 1 amide bonds. The van der Waals surface area contributed by atoms with E-state index in [2.05, 4.69) is 19.2 Å². The van der Waals surface area contributed by atoms with Crippen molar-refractivity contribution in [2.75, 3.05) is 30.9 Å². The Morgan fingerprint density at radius 1 is 1.42 bits per heavy atom. The maximum atomic E-state index is 11.8. The summed E-state index contributed by atoms with van der Waals surface area (Å²) in [5.74, 6) is 0.440. The minimum Gasteiger partial charge on any atom is -0.377 e. The van der Waals surface area contributed by atoms with Gasteiger partial charge >= 0.3 is 0 Å². The molecule has 0 bridgehead atoms. The van der Waals surface area contributed by atoms with Gasteiger partial charge in [0.15, 0.2) is 0 Å². The monoisotopic (exact) mass is 263 g/mol. The second-order valence-electron chi connectivity index (χ2n) is 5.32. The Bertz CT molecular complexity index is 429. The number of benzene rings is 1. The maximum Gasteiger partial charge on any atom is 0.224 e. The zero-order valence-corrected chi connectivity index (χ0v) is 12.4. The molecule has 106 valence electrons. The summed E-state index contributed by atoms with van der Waals surface area (Å²) in [6, 6.07) is 5.96. The summed E-state index contributed by atoms with van der Waals surface area (Å²) < 4.78 is 0. The number of nitrogens with two attached hydrogens (primary N) is 1. The molecule has 19 heavy (non-hydrogen) atoms. The Labute approximate surface area is 116 Å². The minimum atomic E-state index is 0.0499. The highest BCUT2D eigenvalue weighted by Gasteiger charge is 2.07. The van der Waals surface area contributed by atoms with Crippen molar-refractivity contribution in [2.24, 2.45) is 11.7 Å². The van der Waals surface area contributed by atoms with Crippen LogP contribution in [-0.4, -0.2) is 26.5 Å². The van der Waals surface area contributed by atoms with Crippen LogP contribution in [0.3, 0.4) is 0 Å². The van der Waals surface area contributed by atoms with Crippen molar-refractivity contribution in [1.82, 2.24) is 0 Å². The van der Waals surface area contributed by atoms with Crippen LogP contribution in [0.5, 0.6) is 0 Å². The summed E-state index contributed by atoms with van der Waals surface area (Å²) in [5, 5.41) is 2.94. The molecule has 1 rings (SSSR count). The number of hydrogen-bond acceptors (Lipinski definition) is 3. The standard InChI is InChI=1S/C15H25N3O/c1-11(10-16)5-8-15(19)17-13-7-6-12(2)14(9-13)18(3)4/h6-7,9,11H,5,8,10,16H2,1-4H3,(H,17,19). The molecular formula is C15H25N3O. The van der Waals surface area contributed by atoms with Crippen LogP contribution in [0.25, 0.3) is 0 Å². The number of hydrogen-bond donors (Lipinski definition) is 2. The lowest BCUT2D eigenvalue weighted by molar-refractivity contribution is -0.116. The average molecular weight is 263 g/mol. The molecule has 0 spiro atoms. The predicted octanol–water partition coefficient (Wildman–Crippen LogP) is 2.37. The fourth-order valence-electron chi connectivity index (χ4n) is 1.89. The molecule has 0 aliphatic carbocycles. The zero-order chi connectivity index (χ0) is 14.4. The molecule has 3 N–H and O–H groups in total. The van der Waals surface area contributed by atoms with Gasteiger partial charge in [-0.05, 0) is 43.5 Å². The van der Waals surface area contributed by atoms with Crippen molar-refractivity contribution >= 4 is 17.3 Å². The number of nitrogens with one attached hydrogen (secondary N) is 1. The SMILES string of the molecule is Cc1ccc(NC(=O)CCC(C)CN)cc1N(C)C. The summed E-state index contributed by atoms with van der Waals surface area (Å²) in [6.45, 7) is 4.75. The Kier molecular flexibility index (Phi) is 5.83. The van der Waals surface area contributed by atoms with Crippen molar-refractivity contribution in [3.05, 3.63) is 23.8 Å². The van der Waals surface area contributed by atoms with E-state index in [0.29, 0.717) is 18.9 Å². The van der Waals surface area contributed by atoms with Crippen molar-refractivity contribution in [3.8, 4) is 0 Å². The topological polar surface area (TPSA) is 58.4 Å². The summed E-state index contributed by atoms with van der Waals surface area (Å²) in [6.07, 6.45) is 1.35. The summed E-state index contributed by atoms with van der Waals surface area (Å²) >= 11 is 0. The van der Waals surface area contributed by atoms with Crippen LogP contribution in [0.1, 0.15) is 25.3 Å². The number of rotatable bonds is 6. The normalized spacial score (nSPS) is 12.1. The third kappa shape index (κ3) is 4.91. The quantitative estimate of drug-likeness (QED) is 0.828. The molecule has 1 unspecified atom stereocenters. The van der Waals surface area contributed by atoms with Crippen molar-refractivity contribution in [1.29, 1.82) is 0 Å². The molecule has 1 atom stereocenters. The van der Waals surface area contributed by atoms with E-state index < -0.39 is 0 Å². The van der Waals surface area contributed by atoms with Crippen molar-refractivity contribution in [3.63, 3.8) is 0 Å². The molecule has 0 aliphatic rings. The smallest absolute Gasteiger partial charge is 0.224 e. The highest BCUT2D eigenvalue weighted by molar-refractivity contribution is 5.91. The molecule has 0 radical (unpaired) electrons. The van der Waals surface area contributed by atoms with Gasteiger partial charge in [0.2, 0.25) is 5.91 Å². The van der Waals surface area contributed by atoms with Gasteiger partial charge in [-0.15, -0.1) is 0 Å². The van der Waals surface area contributed by atoms with E-state index in [-0.39, 0.29) is 5.91 Å². The van der Waals surface area contributed by atoms with Gasteiger partial charge in [0.25, 0.3) is 0 Å². The van der Waals surface area contributed by atoms with Crippen LogP contribution in [0.4, 0.5) is 11.4 Å². The van der Waals surface area contributed by atoms with E-state index in [1.54, 1.807) is 0 Å². The van der Waals surface area contributed by atoms with Gasteiger partial charge in [-0.1, -0.05) is 13.0 Å². The molecule has 4 heteroatoms. The Hall–Kier alpha value is -1.55. The Morgan fingerprint density at radius 3 is 2.68 bits per heavy atom. The first-order valence-electron chi connectivity index (χ1n) is 6.72. The number of amides is 1. The van der Waals surface area contributed by atoms with Crippen LogP contribution in [0.15, 0.2) is 18.2 Å². The van der Waals surface area contributed by atoms with Crippen LogP contribution in [-0.2, 0) is 4.79 Å². The van der Waals surface area contributed by atoms with Gasteiger partial charge in [0.05, 0.1) is 0 Å². The first-order chi connectivity index (χ1) is 8.93. The number of anilines is 2. The Balaban J connectivity index is 2.62. The van der Waals surface area contributed by atoms with Gasteiger partial charge < -0.3 is 16.0 Å². The molecular weight excluding hydrogens is 238 g/mol. The minimum absolute atomic E-state index is 0.0499. The van der Waals surface area contributed by atoms with E-state index in [1.165, 1.54) is 5.56 Å². The Morgan fingerprint density at radius 2 is 2.11 bits per heavy atom. The van der Waals surface area contributed by atoms with E-state index >= 15 is 0 Å². The lowest BCUT2D eigenvalue weighted by atomic mass is 10.1. The van der Waals surface area contributed by atoms with Crippen LogP contribution < -0.4 is 16.0 Å². The second-order valence-corrected chi connectivity index (χ2v) is 5.32. The third-order valence-electron chi connectivity index (χ3n) is 3.24. The summed E-state index contributed by atoms with van der Waals surface area (Å²) in [4.78, 5) is 13.9.